The molecule has 0 unspecified atom stereocenters. The molecule has 0 aliphatic heterocycles. The Kier molecular flexibility index (Phi) is 5.68. The maximum absolute atomic E-state index is 12.8. The van der Waals surface area contributed by atoms with Crippen LogP contribution in [0.15, 0.2) is 48.5 Å². The minimum Gasteiger partial charge on any atom is -0.462 e. The Morgan fingerprint density at radius 3 is 2.22 bits per heavy atom. The van der Waals surface area contributed by atoms with Crippen LogP contribution in [-0.2, 0) is 9.53 Å². The van der Waals surface area contributed by atoms with E-state index < -0.39 is 5.97 Å². The Morgan fingerprint density at radius 2 is 1.61 bits per heavy atom. The van der Waals surface area contributed by atoms with Crippen molar-refractivity contribution in [3.63, 3.8) is 0 Å². The quantitative estimate of drug-likeness (QED) is 0.804. The molecule has 0 saturated heterocycles. The fourth-order valence-electron chi connectivity index (χ4n) is 1.86. The molecule has 2 aromatic rings. The molecule has 5 nitrogen and oxygen atoms in total. The number of nitrogens with one attached hydrogen (secondary N) is 2. The molecule has 0 radical (unpaired) electrons. The lowest BCUT2D eigenvalue weighted by Gasteiger charge is -2.08. The molecule has 1 amide bonds. The lowest BCUT2D eigenvalue weighted by atomic mass is 10.2. The molecule has 0 atom stereocenters. The van der Waals surface area contributed by atoms with E-state index in [2.05, 4.69) is 10.6 Å². The van der Waals surface area contributed by atoms with Gasteiger partial charge in [-0.2, -0.15) is 0 Å². The van der Waals surface area contributed by atoms with E-state index in [1.54, 1.807) is 43.3 Å². The predicted octanol–water partition coefficient (Wildman–Crippen LogP) is 3.05. The topological polar surface area (TPSA) is 67.4 Å². The molecule has 0 saturated carbocycles. The van der Waals surface area contributed by atoms with E-state index in [0.29, 0.717) is 23.5 Å². The molecular formula is C17H17FN2O3. The zero-order chi connectivity index (χ0) is 16.7. The summed E-state index contributed by atoms with van der Waals surface area (Å²) in [4.78, 5) is 23.3. The first-order chi connectivity index (χ1) is 11.1. The van der Waals surface area contributed by atoms with Gasteiger partial charge in [0.1, 0.15) is 5.82 Å². The number of halogens is 1. The Balaban J connectivity index is 1.85. The second kappa shape index (κ2) is 7.93. The van der Waals surface area contributed by atoms with Crippen LogP contribution in [-0.4, -0.2) is 25.0 Å². The largest absolute Gasteiger partial charge is 0.462 e. The summed E-state index contributed by atoms with van der Waals surface area (Å²) in [7, 11) is 0. The maximum atomic E-state index is 12.8. The van der Waals surface area contributed by atoms with E-state index in [4.69, 9.17) is 4.74 Å². The molecular weight excluding hydrogens is 299 g/mol. The van der Waals surface area contributed by atoms with Gasteiger partial charge in [0.25, 0.3) is 0 Å². The summed E-state index contributed by atoms with van der Waals surface area (Å²) in [6, 6.07) is 12.2. The molecule has 0 bridgehead atoms. The second-order valence-corrected chi connectivity index (χ2v) is 4.71. The molecule has 2 N–H and O–H groups in total. The third-order valence-electron chi connectivity index (χ3n) is 2.98. The first-order valence-electron chi connectivity index (χ1n) is 7.15. The summed E-state index contributed by atoms with van der Waals surface area (Å²) < 4.78 is 17.7. The van der Waals surface area contributed by atoms with Crippen LogP contribution in [0, 0.1) is 5.82 Å². The fourth-order valence-corrected chi connectivity index (χ4v) is 1.86. The Hall–Kier alpha value is -2.89. The van der Waals surface area contributed by atoms with E-state index >= 15 is 0 Å². The number of carbonyl (C=O) groups is 2. The van der Waals surface area contributed by atoms with E-state index in [9.17, 15) is 14.0 Å². The number of amides is 1. The SMILES string of the molecule is CCOC(=O)c1ccc(NC(=O)CNc2ccc(F)cc2)cc1. The highest BCUT2D eigenvalue weighted by Gasteiger charge is 2.07. The zero-order valence-corrected chi connectivity index (χ0v) is 12.6. The summed E-state index contributed by atoms with van der Waals surface area (Å²) in [5.41, 5.74) is 1.65. The fraction of sp³-hybridized carbons (Fsp3) is 0.176. The first kappa shape index (κ1) is 16.5. The minimum absolute atomic E-state index is 0.0469. The zero-order valence-electron chi connectivity index (χ0n) is 12.6. The number of rotatable bonds is 6. The van der Waals surface area contributed by atoms with Gasteiger partial charge >= 0.3 is 5.97 Å². The molecule has 120 valence electrons. The molecule has 0 spiro atoms. The van der Waals surface area contributed by atoms with E-state index in [1.165, 1.54) is 12.1 Å². The van der Waals surface area contributed by atoms with Crippen molar-refractivity contribution in [1.82, 2.24) is 0 Å². The summed E-state index contributed by atoms with van der Waals surface area (Å²) >= 11 is 0. The smallest absolute Gasteiger partial charge is 0.338 e. The molecule has 2 rings (SSSR count). The third kappa shape index (κ3) is 5.10. The summed E-state index contributed by atoms with van der Waals surface area (Å²) in [5, 5.41) is 5.58. The van der Waals surface area contributed by atoms with Crippen LogP contribution in [0.4, 0.5) is 15.8 Å². The number of anilines is 2. The van der Waals surface area contributed by atoms with E-state index in [1.807, 2.05) is 0 Å². The number of ether oxygens (including phenoxy) is 1. The van der Waals surface area contributed by atoms with Gasteiger partial charge in [-0.3, -0.25) is 4.79 Å². The van der Waals surface area contributed by atoms with Crippen molar-refractivity contribution in [2.75, 3.05) is 23.8 Å². The van der Waals surface area contributed by atoms with Gasteiger partial charge in [0, 0.05) is 11.4 Å². The number of carbonyl (C=O) groups excluding carboxylic acids is 2. The second-order valence-electron chi connectivity index (χ2n) is 4.71. The van der Waals surface area contributed by atoms with E-state index in [0.717, 1.165) is 0 Å². The molecule has 0 aromatic heterocycles. The van der Waals surface area contributed by atoms with Gasteiger partial charge in [-0.15, -0.1) is 0 Å². The highest BCUT2D eigenvalue weighted by Crippen LogP contribution is 2.11. The number of hydrogen-bond donors (Lipinski definition) is 2. The molecule has 0 heterocycles. The van der Waals surface area contributed by atoms with Gasteiger partial charge in [0.05, 0.1) is 18.7 Å². The van der Waals surface area contributed by atoms with Crippen molar-refractivity contribution in [2.24, 2.45) is 0 Å². The Bertz CT molecular complexity index is 669. The lowest BCUT2D eigenvalue weighted by Crippen LogP contribution is -2.21. The third-order valence-corrected chi connectivity index (χ3v) is 2.98. The van der Waals surface area contributed by atoms with Gasteiger partial charge in [0.15, 0.2) is 0 Å². The van der Waals surface area contributed by atoms with Crippen LogP contribution in [0.1, 0.15) is 17.3 Å². The summed E-state index contributed by atoms with van der Waals surface area (Å²) in [5.74, 6) is -0.983. The van der Waals surface area contributed by atoms with Gasteiger partial charge < -0.3 is 15.4 Å². The molecule has 0 fully saturated rings. The predicted molar refractivity (Wildman–Crippen MR) is 85.9 cm³/mol. The van der Waals surface area contributed by atoms with Crippen LogP contribution in [0.25, 0.3) is 0 Å². The van der Waals surface area contributed by atoms with Crippen molar-refractivity contribution in [3.8, 4) is 0 Å². The van der Waals surface area contributed by atoms with Crippen molar-refractivity contribution >= 4 is 23.3 Å². The van der Waals surface area contributed by atoms with Crippen LogP contribution < -0.4 is 10.6 Å². The van der Waals surface area contributed by atoms with Crippen LogP contribution >= 0.6 is 0 Å². The Labute approximate surface area is 133 Å². The number of esters is 1. The molecule has 2 aromatic carbocycles. The molecule has 23 heavy (non-hydrogen) atoms. The van der Waals surface area contributed by atoms with Crippen LogP contribution in [0.3, 0.4) is 0 Å². The minimum atomic E-state index is -0.400. The first-order valence-corrected chi connectivity index (χ1v) is 7.15. The van der Waals surface area contributed by atoms with Crippen molar-refractivity contribution in [3.05, 3.63) is 59.9 Å². The lowest BCUT2D eigenvalue weighted by molar-refractivity contribution is -0.114. The van der Waals surface area contributed by atoms with Gasteiger partial charge in [0.2, 0.25) is 5.91 Å². The van der Waals surface area contributed by atoms with Gasteiger partial charge in [-0.05, 0) is 55.5 Å². The summed E-state index contributed by atoms with van der Waals surface area (Å²) in [6.45, 7) is 2.10. The number of hydrogen-bond acceptors (Lipinski definition) is 4. The number of benzene rings is 2. The molecule has 0 aliphatic rings. The average Bonchev–Trinajstić information content (AvgIpc) is 2.55. The van der Waals surface area contributed by atoms with Crippen molar-refractivity contribution < 1.29 is 18.7 Å². The van der Waals surface area contributed by atoms with Gasteiger partial charge in [-0.25, -0.2) is 9.18 Å². The van der Waals surface area contributed by atoms with Crippen molar-refractivity contribution in [1.29, 1.82) is 0 Å². The van der Waals surface area contributed by atoms with Gasteiger partial charge in [-0.1, -0.05) is 0 Å². The monoisotopic (exact) mass is 316 g/mol. The van der Waals surface area contributed by atoms with Crippen LogP contribution in [0.5, 0.6) is 0 Å². The molecule has 0 aliphatic carbocycles. The summed E-state index contributed by atoms with van der Waals surface area (Å²) in [6.07, 6.45) is 0. The van der Waals surface area contributed by atoms with Crippen molar-refractivity contribution in [2.45, 2.75) is 6.92 Å². The normalized spacial score (nSPS) is 10.0. The maximum Gasteiger partial charge on any atom is 0.338 e. The van der Waals surface area contributed by atoms with Crippen LogP contribution in [0.2, 0.25) is 0 Å². The average molecular weight is 316 g/mol. The standard InChI is InChI=1S/C17H17FN2O3/c1-2-23-17(22)12-3-7-15(8-4-12)20-16(21)11-19-14-9-5-13(18)6-10-14/h3-10,19H,2,11H2,1H3,(H,20,21). The van der Waals surface area contributed by atoms with E-state index in [-0.39, 0.29) is 18.3 Å². The Morgan fingerprint density at radius 1 is 1.00 bits per heavy atom. The molecule has 6 heteroatoms. The highest BCUT2D eigenvalue weighted by atomic mass is 19.1. The highest BCUT2D eigenvalue weighted by molar-refractivity contribution is 5.95.